The maximum Gasteiger partial charge on any atom is 0.0588 e. The van der Waals surface area contributed by atoms with E-state index in [1.807, 2.05) is 0 Å². The van der Waals surface area contributed by atoms with Gasteiger partial charge in [0.05, 0.1) is 6.10 Å². The largest absolute Gasteiger partial charge is 0.393 e. The monoisotopic (exact) mass is 299 g/mol. The Labute approximate surface area is 134 Å². The maximum absolute atomic E-state index is 11.1. The molecule has 0 bridgehead atoms. The van der Waals surface area contributed by atoms with Gasteiger partial charge in [0.15, 0.2) is 0 Å². The third-order valence-electron chi connectivity index (χ3n) is 7.68. The first-order chi connectivity index (χ1) is 10.4. The molecule has 0 aliphatic heterocycles. The molecule has 0 aromatic heterocycles. The minimum atomic E-state index is -0.245. The van der Waals surface area contributed by atoms with Gasteiger partial charge >= 0.3 is 0 Å². The molecular weight excluding hydrogens is 270 g/mol. The van der Waals surface area contributed by atoms with E-state index < -0.39 is 0 Å². The van der Waals surface area contributed by atoms with E-state index in [2.05, 4.69) is 32.9 Å². The lowest BCUT2D eigenvalue weighted by Crippen LogP contribution is -2.55. The second-order valence-corrected chi connectivity index (χ2v) is 8.81. The highest BCUT2D eigenvalue weighted by atomic mass is 16.3. The lowest BCUT2D eigenvalue weighted by molar-refractivity contribution is -0.0923. The topological polar surface area (TPSA) is 44.1 Å². The van der Waals surface area contributed by atoms with Gasteiger partial charge in [-0.05, 0) is 74.2 Å². The van der Waals surface area contributed by atoms with Crippen LogP contribution in [0, 0.1) is 34.0 Å². The minimum absolute atomic E-state index is 0.0390. The molecular formula is C20H29NO. The van der Waals surface area contributed by atoms with Crippen LogP contribution in [-0.4, -0.2) is 16.9 Å². The Hall–Kier alpha value is -0.890. The van der Waals surface area contributed by atoms with E-state index >= 15 is 0 Å². The molecule has 2 saturated carbocycles. The van der Waals surface area contributed by atoms with Crippen molar-refractivity contribution in [3.05, 3.63) is 23.3 Å². The van der Waals surface area contributed by atoms with E-state index in [1.165, 1.54) is 24.0 Å². The van der Waals surface area contributed by atoms with Gasteiger partial charge in [0.1, 0.15) is 0 Å². The molecule has 0 aromatic carbocycles. The van der Waals surface area contributed by atoms with Crippen molar-refractivity contribution in [3.63, 3.8) is 0 Å². The number of rotatable bonds is 0. The molecule has 6 atom stereocenters. The van der Waals surface area contributed by atoms with Crippen molar-refractivity contribution in [2.75, 3.05) is 0 Å². The van der Waals surface area contributed by atoms with Gasteiger partial charge in [0.2, 0.25) is 0 Å². The third kappa shape index (κ3) is 1.73. The Morgan fingerprint density at radius 3 is 2.77 bits per heavy atom. The smallest absolute Gasteiger partial charge is 0.0588 e. The number of hydrogen-bond acceptors (Lipinski definition) is 2. The zero-order chi connectivity index (χ0) is 15.7. The molecule has 0 spiro atoms. The highest BCUT2D eigenvalue weighted by Crippen LogP contribution is 2.63. The first-order valence-electron chi connectivity index (χ1n) is 9.00. The lowest BCUT2D eigenvalue weighted by atomic mass is 9.47. The van der Waals surface area contributed by atoms with E-state index in [0.29, 0.717) is 17.8 Å². The molecule has 2 N–H and O–H groups in total. The highest BCUT2D eigenvalue weighted by Gasteiger charge is 2.60. The Morgan fingerprint density at radius 2 is 2.00 bits per heavy atom. The molecule has 120 valence electrons. The molecule has 0 amide bonds. The van der Waals surface area contributed by atoms with Gasteiger partial charge < -0.3 is 10.5 Å². The molecule has 4 aliphatic carbocycles. The summed E-state index contributed by atoms with van der Waals surface area (Å²) in [6.45, 7) is 6.88. The van der Waals surface area contributed by atoms with E-state index in [-0.39, 0.29) is 16.9 Å². The van der Waals surface area contributed by atoms with Gasteiger partial charge in [0, 0.05) is 11.1 Å². The molecule has 2 heteroatoms. The number of allylic oxidation sites excluding steroid dienone is 4. The summed E-state index contributed by atoms with van der Waals surface area (Å²) in [7, 11) is 0. The zero-order valence-corrected chi connectivity index (χ0v) is 14.2. The van der Waals surface area contributed by atoms with Crippen LogP contribution in [-0.2, 0) is 0 Å². The number of fused-ring (bicyclic) bond motifs is 5. The molecule has 4 aliphatic rings. The standard InChI is InChI=1S/C20H29NO/c1-12-8-9-19(2)13(10-12)4-5-14-15-6-7-17(21)20(15,3)11-16(22)18(14)19/h4,10,14-16,18,21-22H,5-9,11H2,1-3H3/t14?,15?,16-,18?,19?,20?/m1/s1. The van der Waals surface area contributed by atoms with Crippen LogP contribution in [0.5, 0.6) is 0 Å². The number of aliphatic hydroxyl groups is 1. The summed E-state index contributed by atoms with van der Waals surface area (Å²) >= 11 is 0. The molecule has 2 nitrogen and oxygen atoms in total. The van der Waals surface area contributed by atoms with E-state index in [0.717, 1.165) is 31.4 Å². The van der Waals surface area contributed by atoms with Crippen LogP contribution < -0.4 is 0 Å². The summed E-state index contributed by atoms with van der Waals surface area (Å²) in [5, 5.41) is 19.4. The molecule has 2 fully saturated rings. The van der Waals surface area contributed by atoms with Gasteiger partial charge in [0.25, 0.3) is 0 Å². The summed E-state index contributed by atoms with van der Waals surface area (Å²) in [4.78, 5) is 0. The predicted octanol–water partition coefficient (Wildman–Crippen LogP) is 4.50. The number of hydrogen-bond donors (Lipinski definition) is 2. The fraction of sp³-hybridized carbons (Fsp3) is 0.750. The summed E-state index contributed by atoms with van der Waals surface area (Å²) < 4.78 is 0. The summed E-state index contributed by atoms with van der Waals surface area (Å²) in [5.41, 5.74) is 3.97. The fourth-order valence-electron chi connectivity index (χ4n) is 6.41. The zero-order valence-electron chi connectivity index (χ0n) is 14.2. The van der Waals surface area contributed by atoms with Gasteiger partial charge in [-0.2, -0.15) is 0 Å². The van der Waals surface area contributed by atoms with Crippen molar-refractivity contribution in [2.24, 2.45) is 28.6 Å². The lowest BCUT2D eigenvalue weighted by Gasteiger charge is -2.57. The number of aliphatic hydroxyl groups excluding tert-OH is 1. The molecule has 0 heterocycles. The first-order valence-corrected chi connectivity index (χ1v) is 9.00. The van der Waals surface area contributed by atoms with E-state index in [4.69, 9.17) is 5.41 Å². The van der Waals surface area contributed by atoms with Crippen molar-refractivity contribution in [1.82, 2.24) is 0 Å². The summed E-state index contributed by atoms with van der Waals surface area (Å²) in [5.74, 6) is 1.56. The van der Waals surface area contributed by atoms with Gasteiger partial charge in [-0.1, -0.05) is 31.6 Å². The van der Waals surface area contributed by atoms with E-state index in [1.54, 1.807) is 0 Å². The Morgan fingerprint density at radius 1 is 1.23 bits per heavy atom. The van der Waals surface area contributed by atoms with Crippen LogP contribution >= 0.6 is 0 Å². The average Bonchev–Trinajstić information content (AvgIpc) is 2.75. The third-order valence-corrected chi connectivity index (χ3v) is 7.68. The second kappa shape index (κ2) is 4.56. The Kier molecular flexibility index (Phi) is 3.05. The SMILES string of the molecule is CC1=CC2=CCC3C4CCC(=N)C4(C)C[C@@H](O)C3C2(C)CC1. The van der Waals surface area contributed by atoms with Crippen LogP contribution in [0.3, 0.4) is 0 Å². The van der Waals surface area contributed by atoms with E-state index in [9.17, 15) is 5.11 Å². The molecule has 5 unspecified atom stereocenters. The Balaban J connectivity index is 1.78. The summed E-state index contributed by atoms with van der Waals surface area (Å²) in [6.07, 6.45) is 11.0. The van der Waals surface area contributed by atoms with Crippen molar-refractivity contribution < 1.29 is 5.11 Å². The average molecular weight is 299 g/mol. The molecule has 0 saturated heterocycles. The molecule has 22 heavy (non-hydrogen) atoms. The normalized spacial score (nSPS) is 50.6. The van der Waals surface area contributed by atoms with Gasteiger partial charge in [-0.15, -0.1) is 0 Å². The van der Waals surface area contributed by atoms with Crippen LogP contribution in [0.2, 0.25) is 0 Å². The van der Waals surface area contributed by atoms with Crippen LogP contribution in [0.15, 0.2) is 23.3 Å². The summed E-state index contributed by atoms with van der Waals surface area (Å²) in [6, 6.07) is 0. The molecule has 0 aromatic rings. The van der Waals surface area contributed by atoms with Crippen molar-refractivity contribution in [2.45, 2.75) is 65.4 Å². The Bertz CT molecular complexity index is 589. The first kappa shape index (κ1) is 14.7. The highest BCUT2D eigenvalue weighted by molar-refractivity contribution is 5.89. The van der Waals surface area contributed by atoms with Crippen LogP contribution in [0.1, 0.15) is 59.3 Å². The van der Waals surface area contributed by atoms with Gasteiger partial charge in [-0.25, -0.2) is 0 Å². The number of nitrogens with one attached hydrogen (secondary N) is 1. The second-order valence-electron chi connectivity index (χ2n) is 8.81. The molecule has 4 rings (SSSR count). The maximum atomic E-state index is 11.1. The fourth-order valence-corrected chi connectivity index (χ4v) is 6.41. The van der Waals surface area contributed by atoms with Gasteiger partial charge in [-0.3, -0.25) is 0 Å². The van der Waals surface area contributed by atoms with Crippen molar-refractivity contribution >= 4 is 5.71 Å². The van der Waals surface area contributed by atoms with Crippen LogP contribution in [0.25, 0.3) is 0 Å². The van der Waals surface area contributed by atoms with Crippen molar-refractivity contribution in [3.8, 4) is 0 Å². The quantitative estimate of drug-likeness (QED) is 0.680. The minimum Gasteiger partial charge on any atom is -0.393 e. The molecule has 0 radical (unpaired) electrons. The van der Waals surface area contributed by atoms with Crippen molar-refractivity contribution in [1.29, 1.82) is 5.41 Å². The predicted molar refractivity (Wildman–Crippen MR) is 90.0 cm³/mol. The van der Waals surface area contributed by atoms with Crippen LogP contribution in [0.4, 0.5) is 0 Å².